The second kappa shape index (κ2) is 9.45. The fraction of sp³-hybridized carbons (Fsp3) is 0.389. The molecule has 0 aliphatic carbocycles. The summed E-state index contributed by atoms with van der Waals surface area (Å²) in [6, 6.07) is 14.4. The molecule has 0 saturated carbocycles. The lowest BCUT2D eigenvalue weighted by Crippen LogP contribution is -2.41. The maximum Gasteiger partial charge on any atom is 0.234 e. The number of amides is 1. The maximum atomic E-state index is 12.3. The van der Waals surface area contributed by atoms with Crippen LogP contribution in [0.2, 0.25) is 0 Å². The molecule has 0 bridgehead atoms. The molecule has 0 spiro atoms. The predicted octanol–water partition coefficient (Wildman–Crippen LogP) is 2.43. The highest BCUT2D eigenvalue weighted by Gasteiger charge is 2.14. The Hall–Kier alpha value is -1.69. The molecular weight excluding hydrogens is 306 g/mol. The van der Waals surface area contributed by atoms with Crippen LogP contribution in [-0.4, -0.2) is 37.0 Å². The monoisotopic (exact) mass is 331 g/mol. The lowest BCUT2D eigenvalue weighted by atomic mass is 10.1. The summed E-state index contributed by atoms with van der Waals surface area (Å²) in [4.78, 5) is 15.5. The van der Waals surface area contributed by atoms with Crippen molar-refractivity contribution in [1.82, 2.24) is 10.2 Å². The number of hydrogen-bond acceptors (Lipinski definition) is 4. The third kappa shape index (κ3) is 6.14. The Morgan fingerprint density at radius 1 is 1.22 bits per heavy atom. The van der Waals surface area contributed by atoms with Crippen LogP contribution >= 0.6 is 11.3 Å². The van der Waals surface area contributed by atoms with Crippen molar-refractivity contribution >= 4 is 17.2 Å². The molecule has 0 aliphatic rings. The molecule has 4 nitrogen and oxygen atoms in total. The standard InChI is InChI=1S/C18H25N3OS/c1-15(17-8-5-13-23-17)20-18(22)14-21(12-10-19)11-9-16-6-3-2-4-7-16/h2-8,13,15H,9-12,14,19H2,1H3,(H,20,22). The first kappa shape index (κ1) is 17.7. The number of benzene rings is 1. The van der Waals surface area contributed by atoms with Gasteiger partial charge in [0.2, 0.25) is 5.91 Å². The summed E-state index contributed by atoms with van der Waals surface area (Å²) in [6.45, 7) is 4.53. The molecule has 23 heavy (non-hydrogen) atoms. The van der Waals surface area contributed by atoms with Gasteiger partial charge in [0, 0.05) is 24.5 Å². The zero-order chi connectivity index (χ0) is 16.5. The van der Waals surface area contributed by atoms with E-state index in [2.05, 4.69) is 22.3 Å². The smallest absolute Gasteiger partial charge is 0.234 e. The number of rotatable bonds is 9. The largest absolute Gasteiger partial charge is 0.348 e. The van der Waals surface area contributed by atoms with Crippen LogP contribution in [0.5, 0.6) is 0 Å². The average Bonchev–Trinajstić information content (AvgIpc) is 3.08. The van der Waals surface area contributed by atoms with Gasteiger partial charge < -0.3 is 11.1 Å². The molecule has 1 unspecified atom stereocenters. The summed E-state index contributed by atoms with van der Waals surface area (Å²) in [5.41, 5.74) is 6.96. The number of thiophene rings is 1. The van der Waals surface area contributed by atoms with Crippen molar-refractivity contribution in [3.8, 4) is 0 Å². The molecule has 0 radical (unpaired) electrons. The van der Waals surface area contributed by atoms with Crippen LogP contribution in [0.3, 0.4) is 0 Å². The molecule has 1 aromatic carbocycles. The molecular formula is C18H25N3OS. The normalized spacial score (nSPS) is 12.3. The number of carbonyl (C=O) groups is 1. The lowest BCUT2D eigenvalue weighted by molar-refractivity contribution is -0.122. The van der Waals surface area contributed by atoms with Crippen molar-refractivity contribution in [2.45, 2.75) is 19.4 Å². The van der Waals surface area contributed by atoms with Crippen molar-refractivity contribution in [3.05, 3.63) is 58.3 Å². The minimum absolute atomic E-state index is 0.0485. The first-order chi connectivity index (χ1) is 11.2. The predicted molar refractivity (Wildman–Crippen MR) is 96.5 cm³/mol. The highest BCUT2D eigenvalue weighted by atomic mass is 32.1. The van der Waals surface area contributed by atoms with Crippen LogP contribution < -0.4 is 11.1 Å². The number of nitrogens with one attached hydrogen (secondary N) is 1. The minimum atomic E-state index is 0.0485. The molecule has 0 fully saturated rings. The molecule has 124 valence electrons. The zero-order valence-electron chi connectivity index (χ0n) is 13.6. The van der Waals surface area contributed by atoms with E-state index in [0.29, 0.717) is 13.1 Å². The number of nitrogens with zero attached hydrogens (tertiary/aromatic N) is 1. The van der Waals surface area contributed by atoms with Crippen LogP contribution in [0, 0.1) is 0 Å². The van der Waals surface area contributed by atoms with Gasteiger partial charge in [0.15, 0.2) is 0 Å². The SMILES string of the molecule is CC(NC(=O)CN(CCN)CCc1ccccc1)c1cccs1. The van der Waals surface area contributed by atoms with E-state index in [1.807, 2.05) is 42.6 Å². The Morgan fingerprint density at radius 2 is 2.00 bits per heavy atom. The van der Waals surface area contributed by atoms with Gasteiger partial charge in [0.25, 0.3) is 0 Å². The van der Waals surface area contributed by atoms with Crippen molar-refractivity contribution in [1.29, 1.82) is 0 Å². The van der Waals surface area contributed by atoms with Gasteiger partial charge in [0.05, 0.1) is 12.6 Å². The number of nitrogens with two attached hydrogens (primary N) is 1. The lowest BCUT2D eigenvalue weighted by Gasteiger charge is -2.22. The van der Waals surface area contributed by atoms with E-state index in [0.717, 1.165) is 19.5 Å². The Bertz CT molecular complexity index is 571. The highest BCUT2D eigenvalue weighted by Crippen LogP contribution is 2.17. The zero-order valence-corrected chi connectivity index (χ0v) is 14.4. The Labute approximate surface area is 142 Å². The van der Waals surface area contributed by atoms with Crippen molar-refractivity contribution in [2.75, 3.05) is 26.2 Å². The topological polar surface area (TPSA) is 58.4 Å². The van der Waals surface area contributed by atoms with E-state index in [-0.39, 0.29) is 11.9 Å². The number of hydrogen-bond donors (Lipinski definition) is 2. The molecule has 0 saturated heterocycles. The van der Waals surface area contributed by atoms with Gasteiger partial charge in [-0.05, 0) is 30.4 Å². The van der Waals surface area contributed by atoms with E-state index >= 15 is 0 Å². The molecule has 5 heteroatoms. The van der Waals surface area contributed by atoms with Crippen LogP contribution in [0.4, 0.5) is 0 Å². The summed E-state index contributed by atoms with van der Waals surface area (Å²) >= 11 is 1.66. The van der Waals surface area contributed by atoms with E-state index in [9.17, 15) is 4.79 Å². The van der Waals surface area contributed by atoms with Gasteiger partial charge in [-0.25, -0.2) is 0 Å². The third-order valence-corrected chi connectivity index (χ3v) is 4.77. The quantitative estimate of drug-likeness (QED) is 0.742. The maximum absolute atomic E-state index is 12.3. The summed E-state index contributed by atoms with van der Waals surface area (Å²) in [5.74, 6) is 0.0485. The third-order valence-electron chi connectivity index (χ3n) is 3.72. The highest BCUT2D eigenvalue weighted by molar-refractivity contribution is 7.10. The van der Waals surface area contributed by atoms with E-state index < -0.39 is 0 Å². The molecule has 1 amide bonds. The van der Waals surface area contributed by atoms with Crippen LogP contribution in [0.25, 0.3) is 0 Å². The Kier molecular flexibility index (Phi) is 7.26. The summed E-state index contributed by atoms with van der Waals surface area (Å²) < 4.78 is 0. The summed E-state index contributed by atoms with van der Waals surface area (Å²) in [5, 5.41) is 5.08. The van der Waals surface area contributed by atoms with Gasteiger partial charge in [-0.2, -0.15) is 0 Å². The van der Waals surface area contributed by atoms with Crippen molar-refractivity contribution < 1.29 is 4.79 Å². The molecule has 1 aromatic heterocycles. The van der Waals surface area contributed by atoms with Gasteiger partial charge in [-0.1, -0.05) is 36.4 Å². The van der Waals surface area contributed by atoms with Gasteiger partial charge in [-0.3, -0.25) is 9.69 Å². The molecule has 1 atom stereocenters. The van der Waals surface area contributed by atoms with Crippen molar-refractivity contribution in [3.63, 3.8) is 0 Å². The summed E-state index contributed by atoms with van der Waals surface area (Å²) in [6.07, 6.45) is 0.925. The first-order valence-corrected chi connectivity index (χ1v) is 8.86. The molecule has 2 rings (SSSR count). The van der Waals surface area contributed by atoms with Gasteiger partial charge in [0.1, 0.15) is 0 Å². The van der Waals surface area contributed by atoms with Crippen LogP contribution in [0.1, 0.15) is 23.4 Å². The average molecular weight is 331 g/mol. The summed E-state index contributed by atoms with van der Waals surface area (Å²) in [7, 11) is 0. The fourth-order valence-corrected chi connectivity index (χ4v) is 3.22. The second-order valence-corrected chi connectivity index (χ2v) is 6.58. The fourth-order valence-electron chi connectivity index (χ4n) is 2.48. The van der Waals surface area contributed by atoms with Crippen LogP contribution in [0.15, 0.2) is 47.8 Å². The molecule has 2 aromatic rings. The minimum Gasteiger partial charge on any atom is -0.348 e. The van der Waals surface area contributed by atoms with E-state index in [1.54, 1.807) is 11.3 Å². The van der Waals surface area contributed by atoms with Gasteiger partial charge in [-0.15, -0.1) is 11.3 Å². The molecule has 1 heterocycles. The molecule has 0 aliphatic heterocycles. The van der Waals surface area contributed by atoms with E-state index in [4.69, 9.17) is 5.73 Å². The van der Waals surface area contributed by atoms with Gasteiger partial charge >= 0.3 is 0 Å². The first-order valence-electron chi connectivity index (χ1n) is 7.98. The van der Waals surface area contributed by atoms with E-state index in [1.165, 1.54) is 10.4 Å². The Balaban J connectivity index is 1.82. The van der Waals surface area contributed by atoms with Crippen molar-refractivity contribution in [2.24, 2.45) is 5.73 Å². The second-order valence-electron chi connectivity index (χ2n) is 5.61. The van der Waals surface area contributed by atoms with Crippen LogP contribution in [-0.2, 0) is 11.2 Å². The molecule has 3 N–H and O–H groups in total. The Morgan fingerprint density at radius 3 is 2.65 bits per heavy atom. The number of carbonyl (C=O) groups excluding carboxylic acids is 1.